The second-order valence-corrected chi connectivity index (χ2v) is 5.83. The number of nitrogens with one attached hydrogen (secondary N) is 1. The van der Waals surface area contributed by atoms with E-state index in [1.165, 1.54) is 12.8 Å². The van der Waals surface area contributed by atoms with Gasteiger partial charge in [0.2, 0.25) is 5.95 Å². The van der Waals surface area contributed by atoms with Crippen LogP contribution in [0.15, 0.2) is 18.2 Å². The first-order valence-corrected chi connectivity index (χ1v) is 8.46. The Morgan fingerprint density at radius 1 is 1.28 bits per heavy atom. The summed E-state index contributed by atoms with van der Waals surface area (Å²) in [4.78, 5) is 4.40. The van der Waals surface area contributed by atoms with Crippen LogP contribution in [0.4, 0.5) is 5.95 Å². The number of hydrogen-bond donors (Lipinski definition) is 1. The van der Waals surface area contributed by atoms with Crippen molar-refractivity contribution in [1.82, 2.24) is 15.2 Å². The largest absolute Gasteiger partial charge is 0.467 e. The van der Waals surface area contributed by atoms with Crippen LogP contribution in [0.3, 0.4) is 0 Å². The summed E-state index contributed by atoms with van der Waals surface area (Å²) in [5.74, 6) is 8.20. The highest BCUT2D eigenvalue weighted by Crippen LogP contribution is 2.32. The highest BCUT2D eigenvalue weighted by Gasteiger charge is 2.18. The molecule has 0 spiro atoms. The number of ether oxygens (including phenoxy) is 2. The van der Waals surface area contributed by atoms with E-state index in [2.05, 4.69) is 32.3 Å². The average molecular weight is 338 g/mol. The summed E-state index contributed by atoms with van der Waals surface area (Å²) < 4.78 is 11.1. The van der Waals surface area contributed by atoms with Crippen molar-refractivity contribution in [2.75, 3.05) is 25.8 Å². The minimum atomic E-state index is 0.178. The van der Waals surface area contributed by atoms with E-state index in [9.17, 15) is 0 Å². The number of hydrogen-bond acceptors (Lipinski definition) is 6. The number of aryl methyl sites for hydroxylation is 1. The van der Waals surface area contributed by atoms with E-state index in [1.807, 2.05) is 32.0 Å². The molecule has 0 saturated heterocycles. The molecule has 0 unspecified atom stereocenters. The van der Waals surface area contributed by atoms with Gasteiger partial charge >= 0.3 is 0 Å². The van der Waals surface area contributed by atoms with Gasteiger partial charge in [-0.2, -0.15) is 0 Å². The molecule has 130 valence electrons. The van der Waals surface area contributed by atoms with Gasteiger partial charge in [-0.15, -0.1) is 10.2 Å². The van der Waals surface area contributed by atoms with Crippen molar-refractivity contribution >= 4 is 5.95 Å². The van der Waals surface area contributed by atoms with Crippen molar-refractivity contribution in [2.24, 2.45) is 5.92 Å². The monoisotopic (exact) mass is 338 g/mol. The van der Waals surface area contributed by atoms with Gasteiger partial charge in [0.25, 0.3) is 0 Å². The third kappa shape index (κ3) is 4.46. The van der Waals surface area contributed by atoms with Crippen LogP contribution in [0.2, 0.25) is 0 Å². The summed E-state index contributed by atoms with van der Waals surface area (Å²) in [6, 6.07) is 5.86. The number of aromatic nitrogens is 3. The van der Waals surface area contributed by atoms with Crippen LogP contribution in [0.25, 0.3) is 11.3 Å². The minimum absolute atomic E-state index is 0.178. The van der Waals surface area contributed by atoms with E-state index >= 15 is 0 Å². The van der Waals surface area contributed by atoms with Gasteiger partial charge in [-0.05, 0) is 44.9 Å². The maximum Gasteiger partial charge on any atom is 0.242 e. The first kappa shape index (κ1) is 17.2. The Morgan fingerprint density at radius 2 is 2.12 bits per heavy atom. The summed E-state index contributed by atoms with van der Waals surface area (Å²) in [7, 11) is 1.76. The Kier molecular flexibility index (Phi) is 5.46. The molecule has 6 heteroatoms. The molecule has 2 aromatic rings. The SMILES string of the molecule is CCOCOc1cc(C#CC2CC2)ccc1-c1nnc(NC)nc1C. The number of anilines is 1. The predicted molar refractivity (Wildman–Crippen MR) is 96.3 cm³/mol. The zero-order chi connectivity index (χ0) is 17.6. The first-order valence-electron chi connectivity index (χ1n) is 8.46. The molecule has 0 amide bonds. The average Bonchev–Trinajstić information content (AvgIpc) is 3.45. The zero-order valence-electron chi connectivity index (χ0n) is 14.8. The molecule has 1 aliphatic carbocycles. The predicted octanol–water partition coefficient (Wildman–Crippen LogP) is 3.02. The van der Waals surface area contributed by atoms with E-state index in [1.54, 1.807) is 7.05 Å². The quantitative estimate of drug-likeness (QED) is 0.496. The van der Waals surface area contributed by atoms with Crippen LogP contribution in [0.5, 0.6) is 5.75 Å². The lowest BCUT2D eigenvalue weighted by Crippen LogP contribution is -2.06. The number of benzene rings is 1. The van der Waals surface area contributed by atoms with Crippen molar-refractivity contribution in [3.8, 4) is 28.8 Å². The summed E-state index contributed by atoms with van der Waals surface area (Å²) in [6.45, 7) is 4.60. The Morgan fingerprint density at radius 3 is 2.80 bits per heavy atom. The maximum atomic E-state index is 5.81. The normalized spacial score (nSPS) is 13.1. The van der Waals surface area contributed by atoms with Gasteiger partial charge in [-0.3, -0.25) is 0 Å². The lowest BCUT2D eigenvalue weighted by Gasteiger charge is -2.13. The topological polar surface area (TPSA) is 69.2 Å². The van der Waals surface area contributed by atoms with Crippen LogP contribution >= 0.6 is 0 Å². The van der Waals surface area contributed by atoms with Crippen molar-refractivity contribution in [3.05, 3.63) is 29.5 Å². The van der Waals surface area contributed by atoms with Gasteiger partial charge in [0.05, 0.1) is 5.69 Å². The molecule has 0 radical (unpaired) electrons. The van der Waals surface area contributed by atoms with Crippen molar-refractivity contribution < 1.29 is 9.47 Å². The molecule has 1 heterocycles. The van der Waals surface area contributed by atoms with Crippen LogP contribution in [0.1, 0.15) is 31.0 Å². The standard InChI is InChI=1S/C19H22N4O2/c1-4-24-12-25-17-11-15(8-7-14-5-6-14)9-10-16(17)18-13(2)21-19(20-3)23-22-18/h9-11,14H,4-6,12H2,1-3H3,(H,20,21,23). The molecule has 1 N–H and O–H groups in total. The number of nitrogens with zero attached hydrogens (tertiary/aromatic N) is 3. The van der Waals surface area contributed by atoms with Crippen molar-refractivity contribution in [2.45, 2.75) is 26.7 Å². The van der Waals surface area contributed by atoms with Crippen LogP contribution in [0, 0.1) is 24.7 Å². The lowest BCUT2D eigenvalue weighted by atomic mass is 10.1. The van der Waals surface area contributed by atoms with Crippen LogP contribution in [-0.4, -0.2) is 35.6 Å². The molecule has 1 aromatic carbocycles. The Labute approximate surface area is 148 Å². The molecule has 25 heavy (non-hydrogen) atoms. The Hall–Kier alpha value is -2.65. The van der Waals surface area contributed by atoms with E-state index in [0.717, 1.165) is 16.8 Å². The van der Waals surface area contributed by atoms with Crippen LogP contribution in [-0.2, 0) is 4.74 Å². The van der Waals surface area contributed by atoms with E-state index in [-0.39, 0.29) is 6.79 Å². The van der Waals surface area contributed by atoms with Gasteiger partial charge < -0.3 is 14.8 Å². The summed E-state index contributed by atoms with van der Waals surface area (Å²) in [5.41, 5.74) is 3.22. The molecule has 0 atom stereocenters. The smallest absolute Gasteiger partial charge is 0.242 e. The van der Waals surface area contributed by atoms with Crippen LogP contribution < -0.4 is 10.1 Å². The van der Waals surface area contributed by atoms with E-state index < -0.39 is 0 Å². The van der Waals surface area contributed by atoms with Gasteiger partial charge in [0.1, 0.15) is 11.4 Å². The molecular formula is C19H22N4O2. The summed E-state index contributed by atoms with van der Waals surface area (Å²) in [5, 5.41) is 11.3. The summed E-state index contributed by atoms with van der Waals surface area (Å²) >= 11 is 0. The molecule has 6 nitrogen and oxygen atoms in total. The second kappa shape index (κ2) is 7.95. The fraction of sp³-hybridized carbons (Fsp3) is 0.421. The Bertz CT molecular complexity index is 807. The highest BCUT2D eigenvalue weighted by atomic mass is 16.7. The van der Waals surface area contributed by atoms with Gasteiger partial charge in [0, 0.05) is 30.7 Å². The molecule has 1 fully saturated rings. The third-order valence-electron chi connectivity index (χ3n) is 3.82. The molecular weight excluding hydrogens is 316 g/mol. The van der Waals surface area contributed by atoms with Gasteiger partial charge in [-0.1, -0.05) is 11.8 Å². The molecule has 0 bridgehead atoms. The van der Waals surface area contributed by atoms with Crippen molar-refractivity contribution in [1.29, 1.82) is 0 Å². The highest BCUT2D eigenvalue weighted by molar-refractivity contribution is 5.70. The Balaban J connectivity index is 1.94. The molecule has 0 aliphatic heterocycles. The van der Waals surface area contributed by atoms with Gasteiger partial charge in [0.15, 0.2) is 6.79 Å². The maximum absolute atomic E-state index is 5.81. The fourth-order valence-corrected chi connectivity index (χ4v) is 2.28. The molecule has 1 aromatic heterocycles. The van der Waals surface area contributed by atoms with Crippen molar-refractivity contribution in [3.63, 3.8) is 0 Å². The molecule has 1 aliphatic rings. The molecule has 1 saturated carbocycles. The van der Waals surface area contributed by atoms with E-state index in [0.29, 0.717) is 29.9 Å². The third-order valence-corrected chi connectivity index (χ3v) is 3.82. The number of rotatable bonds is 6. The summed E-state index contributed by atoms with van der Waals surface area (Å²) in [6.07, 6.45) is 2.41. The molecule has 3 rings (SSSR count). The second-order valence-electron chi connectivity index (χ2n) is 5.83. The minimum Gasteiger partial charge on any atom is -0.467 e. The zero-order valence-corrected chi connectivity index (χ0v) is 14.8. The first-order chi connectivity index (χ1) is 12.2. The fourth-order valence-electron chi connectivity index (χ4n) is 2.28. The van der Waals surface area contributed by atoms with E-state index in [4.69, 9.17) is 9.47 Å². The van der Waals surface area contributed by atoms with Gasteiger partial charge in [-0.25, -0.2) is 4.98 Å². The lowest BCUT2D eigenvalue weighted by molar-refractivity contribution is 0.0227.